The van der Waals surface area contributed by atoms with E-state index in [-0.39, 0.29) is 34.4 Å². The number of esters is 1. The second-order valence-electron chi connectivity index (χ2n) is 13.2. The monoisotopic (exact) mass is 743 g/mol. The number of thioether (sulfide) groups is 1. The van der Waals surface area contributed by atoms with Crippen LogP contribution in [0.25, 0.3) is 28.0 Å². The van der Waals surface area contributed by atoms with Crippen LogP contribution in [-0.2, 0) is 11.2 Å². The first-order valence-corrected chi connectivity index (χ1v) is 18.9. The summed E-state index contributed by atoms with van der Waals surface area (Å²) in [6.45, 7) is 0.0958. The SMILES string of the molecule is N=C(N)SCC[C@@H]1CCCC[C@@H](c2ccc(-n3cc4cc(-c5cc(CCC[C@@H](N)COC(=O)c6ccccc6)cc(Cl)c5F)[nH]c4nc3=O)cc2)N1. The molecule has 3 aromatic carbocycles. The summed E-state index contributed by atoms with van der Waals surface area (Å²) in [4.78, 5) is 32.8. The van der Waals surface area contributed by atoms with Crippen LogP contribution in [0.4, 0.5) is 4.39 Å². The number of carbonyl (C=O) groups is 1. The number of fused-ring (bicyclic) bond motifs is 1. The molecule has 52 heavy (non-hydrogen) atoms. The lowest BCUT2D eigenvalue weighted by molar-refractivity contribution is 0.0477. The molecule has 0 unspecified atom stereocenters. The molecule has 0 amide bonds. The Morgan fingerprint density at radius 2 is 1.88 bits per heavy atom. The van der Waals surface area contributed by atoms with Crippen molar-refractivity contribution in [3.05, 3.63) is 117 Å². The molecule has 1 aliphatic heterocycles. The van der Waals surface area contributed by atoms with Gasteiger partial charge in [-0.3, -0.25) is 9.98 Å². The lowest BCUT2D eigenvalue weighted by atomic mass is 10.0. The maximum atomic E-state index is 15.4. The van der Waals surface area contributed by atoms with E-state index in [1.165, 1.54) is 16.3 Å². The molecule has 7 N–H and O–H groups in total. The van der Waals surface area contributed by atoms with E-state index in [4.69, 9.17) is 33.2 Å². The first-order valence-electron chi connectivity index (χ1n) is 17.6. The molecule has 3 heterocycles. The van der Waals surface area contributed by atoms with Crippen molar-refractivity contribution >= 4 is 45.5 Å². The molecule has 1 aliphatic rings. The predicted molar refractivity (Wildman–Crippen MR) is 207 cm³/mol. The number of aryl methyl sites for hydroxylation is 1. The van der Waals surface area contributed by atoms with Crippen molar-refractivity contribution in [2.45, 2.75) is 69.5 Å². The number of nitrogens with two attached hydrogens (primary N) is 2. The van der Waals surface area contributed by atoms with E-state index in [2.05, 4.69) is 15.3 Å². The summed E-state index contributed by atoms with van der Waals surface area (Å²) in [5.74, 6) is -0.171. The highest BCUT2D eigenvalue weighted by atomic mass is 35.5. The van der Waals surface area contributed by atoms with Gasteiger partial charge in [-0.2, -0.15) is 4.98 Å². The largest absolute Gasteiger partial charge is 0.460 e. The summed E-state index contributed by atoms with van der Waals surface area (Å²) in [7, 11) is 0. The molecule has 272 valence electrons. The molecule has 0 spiro atoms. The molecule has 2 aromatic heterocycles. The maximum Gasteiger partial charge on any atom is 0.354 e. The summed E-state index contributed by atoms with van der Waals surface area (Å²) >= 11 is 7.72. The Bertz CT molecular complexity index is 2070. The molecule has 0 bridgehead atoms. The molecule has 6 rings (SSSR count). The van der Waals surface area contributed by atoms with Gasteiger partial charge in [-0.15, -0.1) is 0 Å². The average Bonchev–Trinajstić information content (AvgIpc) is 3.40. The number of benzene rings is 3. The van der Waals surface area contributed by atoms with Gasteiger partial charge >= 0.3 is 11.7 Å². The number of nitrogens with one attached hydrogen (secondary N) is 3. The molecule has 13 heteroatoms. The number of H-pyrrole nitrogens is 1. The van der Waals surface area contributed by atoms with E-state index in [1.807, 2.05) is 30.3 Å². The second-order valence-corrected chi connectivity index (χ2v) is 14.8. The van der Waals surface area contributed by atoms with Gasteiger partial charge in [0.25, 0.3) is 0 Å². The van der Waals surface area contributed by atoms with E-state index in [9.17, 15) is 9.59 Å². The first kappa shape index (κ1) is 37.3. The van der Waals surface area contributed by atoms with Gasteiger partial charge < -0.3 is 26.5 Å². The fraction of sp³-hybridized carbons (Fsp3) is 0.333. The number of halogens is 2. The number of aromatic nitrogens is 3. The zero-order chi connectivity index (χ0) is 36.6. The van der Waals surface area contributed by atoms with Crippen molar-refractivity contribution in [3.63, 3.8) is 0 Å². The van der Waals surface area contributed by atoms with Crippen LogP contribution in [0.3, 0.4) is 0 Å². The third kappa shape index (κ3) is 9.48. The highest BCUT2D eigenvalue weighted by Gasteiger charge is 2.21. The van der Waals surface area contributed by atoms with Crippen LogP contribution in [0.15, 0.2) is 83.8 Å². The normalized spacial score (nSPS) is 16.8. The minimum atomic E-state index is -0.570. The molecule has 0 saturated carbocycles. The summed E-state index contributed by atoms with van der Waals surface area (Å²) in [6, 6.07) is 22.0. The van der Waals surface area contributed by atoms with E-state index in [0.717, 1.165) is 49.0 Å². The molecular weight excluding hydrogens is 701 g/mol. The smallest absolute Gasteiger partial charge is 0.354 e. The van der Waals surface area contributed by atoms with Crippen LogP contribution in [0.5, 0.6) is 0 Å². The zero-order valence-electron chi connectivity index (χ0n) is 28.7. The van der Waals surface area contributed by atoms with Crippen LogP contribution in [0.2, 0.25) is 5.02 Å². The summed E-state index contributed by atoms with van der Waals surface area (Å²) in [6.07, 6.45) is 8.91. The number of rotatable bonds is 13. The van der Waals surface area contributed by atoms with Crippen molar-refractivity contribution < 1.29 is 13.9 Å². The van der Waals surface area contributed by atoms with Crippen molar-refractivity contribution in [3.8, 4) is 16.9 Å². The third-order valence-corrected chi connectivity index (χ3v) is 10.4. The molecule has 1 fully saturated rings. The maximum absolute atomic E-state index is 15.4. The molecule has 5 aromatic rings. The molecule has 10 nitrogen and oxygen atoms in total. The van der Waals surface area contributed by atoms with E-state index in [0.29, 0.717) is 53.3 Å². The van der Waals surface area contributed by atoms with Gasteiger partial charge in [-0.1, -0.05) is 66.5 Å². The fourth-order valence-corrected chi connectivity index (χ4v) is 7.53. The fourth-order valence-electron chi connectivity index (χ4n) is 6.66. The zero-order valence-corrected chi connectivity index (χ0v) is 30.3. The van der Waals surface area contributed by atoms with Crippen LogP contribution >= 0.6 is 23.4 Å². The Morgan fingerprint density at radius 3 is 2.65 bits per heavy atom. The Morgan fingerprint density at radius 1 is 1.12 bits per heavy atom. The predicted octanol–water partition coefficient (Wildman–Crippen LogP) is 7.27. The number of hydrogen-bond acceptors (Lipinski definition) is 8. The topological polar surface area (TPSA) is 165 Å². The van der Waals surface area contributed by atoms with Crippen LogP contribution in [-0.4, -0.2) is 50.1 Å². The molecule has 0 radical (unpaired) electrons. The van der Waals surface area contributed by atoms with Crippen molar-refractivity contribution in [1.82, 2.24) is 19.9 Å². The minimum absolute atomic E-state index is 0.00991. The van der Waals surface area contributed by atoms with Crippen LogP contribution in [0.1, 0.15) is 72.5 Å². The standard InChI is InChI=1S/C39H43ClFN7O3S/c40-32-20-24(7-6-10-28(42)23-51-37(49)26-8-2-1-3-9-26)19-31(35(32)41)34-21-27-22-48(39(50)47-36(27)46-34)30-15-13-25(14-16-30)33-12-5-4-11-29(45-33)17-18-52-38(43)44/h1-3,8-9,13-16,19-22,28-29,33,45H,4-7,10-12,17-18,23,42H2,(H3,43,44)(H,46,47,50)/t28-,29+,33+/m1/s1. The molecular formula is C39H43ClFN7O3S. The average molecular weight is 744 g/mol. The van der Waals surface area contributed by atoms with Gasteiger partial charge in [-0.05, 0) is 92.1 Å². The lowest BCUT2D eigenvalue weighted by Gasteiger charge is -2.23. The quantitative estimate of drug-likeness (QED) is 0.0477. The number of nitrogens with zero attached hydrogens (tertiary/aromatic N) is 2. The summed E-state index contributed by atoms with van der Waals surface area (Å²) in [5, 5.41) is 12.0. The molecule has 0 aliphatic carbocycles. The van der Waals surface area contributed by atoms with Gasteiger partial charge in [0, 0.05) is 41.0 Å². The highest BCUT2D eigenvalue weighted by molar-refractivity contribution is 8.13. The number of amidine groups is 1. The number of aromatic amines is 1. The van der Waals surface area contributed by atoms with Gasteiger partial charge in [0.15, 0.2) is 11.0 Å². The van der Waals surface area contributed by atoms with E-state index < -0.39 is 17.5 Å². The second kappa shape index (κ2) is 17.4. The van der Waals surface area contributed by atoms with E-state index >= 15 is 4.39 Å². The molecule has 1 saturated heterocycles. The minimum Gasteiger partial charge on any atom is -0.460 e. The Hall–Kier alpha value is -4.49. The van der Waals surface area contributed by atoms with Crippen molar-refractivity contribution in [2.75, 3.05) is 12.4 Å². The van der Waals surface area contributed by atoms with Gasteiger partial charge in [0.2, 0.25) is 0 Å². The summed E-state index contributed by atoms with van der Waals surface area (Å²) in [5.41, 5.74) is 15.5. The van der Waals surface area contributed by atoms with Crippen molar-refractivity contribution in [2.24, 2.45) is 11.5 Å². The first-order chi connectivity index (χ1) is 25.1. The number of carbonyl (C=O) groups excluding carboxylic acids is 1. The van der Waals surface area contributed by atoms with Gasteiger partial charge in [-0.25, -0.2) is 14.0 Å². The Kier molecular flexibility index (Phi) is 12.4. The van der Waals surface area contributed by atoms with Gasteiger partial charge in [0.05, 0.1) is 22.0 Å². The van der Waals surface area contributed by atoms with Gasteiger partial charge in [0.1, 0.15) is 12.3 Å². The number of hydrogen-bond donors (Lipinski definition) is 5. The molecule has 3 atom stereocenters. The van der Waals surface area contributed by atoms with E-state index in [1.54, 1.807) is 48.7 Å². The highest BCUT2D eigenvalue weighted by Crippen LogP contribution is 2.32. The van der Waals surface area contributed by atoms with Crippen molar-refractivity contribution in [1.29, 1.82) is 5.41 Å². The number of ether oxygens (including phenoxy) is 1. The Labute approximate surface area is 311 Å². The lowest BCUT2D eigenvalue weighted by Crippen LogP contribution is -2.32. The third-order valence-electron chi connectivity index (χ3n) is 9.39. The Balaban J connectivity index is 1.11. The summed E-state index contributed by atoms with van der Waals surface area (Å²) < 4.78 is 22.2. The van der Waals surface area contributed by atoms with Crippen LogP contribution < -0.4 is 22.5 Å². The van der Waals surface area contributed by atoms with Crippen LogP contribution in [0, 0.1) is 11.2 Å².